The van der Waals surface area contributed by atoms with E-state index in [2.05, 4.69) is 119 Å². The van der Waals surface area contributed by atoms with Gasteiger partial charge in [-0.1, -0.05) is 246 Å². The van der Waals surface area contributed by atoms with Gasteiger partial charge in [-0.25, -0.2) is 4.98 Å². The molecule has 2 aliphatic heterocycles. The second-order valence-corrected chi connectivity index (χ2v) is 23.2. The van der Waals surface area contributed by atoms with Gasteiger partial charge < -0.3 is 19.1 Å². The molecule has 0 radical (unpaired) electrons. The van der Waals surface area contributed by atoms with Crippen LogP contribution in [0.5, 0.6) is 11.5 Å². The van der Waals surface area contributed by atoms with Gasteiger partial charge in [-0.15, -0.1) is 47.2 Å². The summed E-state index contributed by atoms with van der Waals surface area (Å²) in [6.45, 7) is -0.828. The Morgan fingerprint density at radius 1 is 0.550 bits per heavy atom. The minimum absolute atomic E-state index is 0. The van der Waals surface area contributed by atoms with Crippen LogP contribution in [-0.4, -0.2) is 17.6 Å². The maximum absolute atomic E-state index is 8.95. The van der Waals surface area contributed by atoms with Gasteiger partial charge >= 0.3 is 0 Å². The first-order valence-electron chi connectivity index (χ1n) is 31.4. The predicted octanol–water partition coefficient (Wildman–Crippen LogP) is 15.6. The maximum Gasteiger partial charge on any atom is 0.156 e. The summed E-state index contributed by atoms with van der Waals surface area (Å²) in [5.74, 6) is 0.941. The first-order chi connectivity index (χ1) is 43.6. The van der Waals surface area contributed by atoms with Crippen molar-refractivity contribution in [3.63, 3.8) is 0 Å². The van der Waals surface area contributed by atoms with Crippen molar-refractivity contribution in [1.29, 1.82) is 0 Å². The van der Waals surface area contributed by atoms with Crippen molar-refractivity contribution >= 4 is 73.4 Å². The smallest absolute Gasteiger partial charge is 0.156 e. The summed E-state index contributed by atoms with van der Waals surface area (Å²) in [4.78, 5) is 9.16. The van der Waals surface area contributed by atoms with Crippen LogP contribution in [0.2, 0.25) is 0 Å². The number of aryl methyl sites for hydroxylation is 1. The summed E-state index contributed by atoms with van der Waals surface area (Å²) in [6, 6.07) is 76.6. The van der Waals surface area contributed by atoms with Crippen LogP contribution in [0, 0.1) is 25.7 Å². The third kappa shape index (κ3) is 7.81. The maximum atomic E-state index is 8.95. The zero-order chi connectivity index (χ0) is 61.9. The third-order valence-electron chi connectivity index (χ3n) is 15.2. The second kappa shape index (κ2) is 20.2. The number of hydrogen-bond donors (Lipinski definition) is 0. The Bertz CT molecular complexity index is 5000. The molecule has 0 bridgehead atoms. The van der Waals surface area contributed by atoms with Crippen molar-refractivity contribution in [3.05, 3.63) is 297 Å². The van der Waals surface area contributed by atoms with Gasteiger partial charge in [0.25, 0.3) is 0 Å². The second-order valence-electron chi connectivity index (χ2n) is 19.5. The van der Waals surface area contributed by atoms with E-state index in [1.54, 1.807) is 12.1 Å². The molecule has 11 aromatic carbocycles. The van der Waals surface area contributed by atoms with Crippen molar-refractivity contribution in [2.75, 3.05) is 9.80 Å². The van der Waals surface area contributed by atoms with E-state index in [1.807, 2.05) is 114 Å². The van der Waals surface area contributed by atoms with E-state index in [9.17, 15) is 0 Å². The van der Waals surface area contributed by atoms with Crippen molar-refractivity contribution in [2.24, 2.45) is 0 Å². The number of fused-ring (bicyclic) bond motifs is 8. The Labute approximate surface area is 497 Å². The van der Waals surface area contributed by atoms with Crippen LogP contribution in [0.25, 0.3) is 72.1 Å². The van der Waals surface area contributed by atoms with Crippen molar-refractivity contribution in [3.8, 4) is 61.8 Å². The zero-order valence-corrected chi connectivity index (χ0v) is 45.7. The molecule has 0 atom stereocenters. The number of nitrogens with zero attached hydrogens (tertiary/aromatic N) is 4. The summed E-state index contributed by atoms with van der Waals surface area (Å²) in [5, 5.41) is 6.12. The summed E-state index contributed by atoms with van der Waals surface area (Å²) < 4.78 is 105. The Balaban J connectivity index is 0.00000721. The van der Waals surface area contributed by atoms with Crippen LogP contribution in [-0.2, 0) is 21.1 Å². The van der Waals surface area contributed by atoms with Crippen LogP contribution in [0.4, 0.5) is 22.7 Å². The van der Waals surface area contributed by atoms with E-state index in [1.165, 1.54) is 12.3 Å². The minimum atomic E-state index is -3.42. The molecule has 80 heavy (non-hydrogen) atoms. The first-order valence-corrected chi connectivity index (χ1v) is 27.9. The molecular weight excluding hydrogens is 1170 g/mol. The number of para-hydroxylation sites is 4. The normalized spacial score (nSPS) is 15.1. The molecule has 0 fully saturated rings. The van der Waals surface area contributed by atoms with Crippen molar-refractivity contribution in [1.82, 2.24) is 9.55 Å². The summed E-state index contributed by atoms with van der Waals surface area (Å²) in [6.07, 6.45) is 1.30. The molecular formula is C73H49N4OPtSi-3. The molecule has 13 aromatic rings. The number of rotatable bonds is 10. The Morgan fingerprint density at radius 3 is 1.90 bits per heavy atom. The molecule has 384 valence electrons. The van der Waals surface area contributed by atoms with Gasteiger partial charge in [0.2, 0.25) is 0 Å². The van der Waals surface area contributed by atoms with Crippen molar-refractivity contribution in [2.45, 2.75) is 6.85 Å². The van der Waals surface area contributed by atoms with Gasteiger partial charge in [0.15, 0.2) is 8.07 Å². The van der Waals surface area contributed by atoms with Gasteiger partial charge in [0, 0.05) is 82.1 Å². The predicted molar refractivity (Wildman–Crippen MR) is 328 cm³/mol. The van der Waals surface area contributed by atoms with Crippen LogP contribution in [0.1, 0.15) is 20.6 Å². The molecule has 2 aromatic heterocycles. The Morgan fingerprint density at radius 2 is 1.16 bits per heavy atom. The van der Waals surface area contributed by atoms with Gasteiger partial charge in [-0.05, 0) is 69.1 Å². The molecule has 5 nitrogen and oxygen atoms in total. The van der Waals surface area contributed by atoms with E-state index in [0.717, 1.165) is 76.4 Å². The minimum Gasteiger partial charge on any atom is -0.509 e. The van der Waals surface area contributed by atoms with E-state index < -0.39 is 45.1 Å². The molecule has 0 unspecified atom stereocenters. The van der Waals surface area contributed by atoms with Gasteiger partial charge in [-0.2, -0.15) is 6.07 Å². The van der Waals surface area contributed by atoms with Crippen LogP contribution < -0.4 is 35.3 Å². The monoisotopic (exact) mass is 1230 g/mol. The number of ether oxygens (including phenoxy) is 1. The SMILES string of the molecule is [2H]c1cc(-c2cccc(-c3ccccc3)c2N2[CH-]N(c3[c-]c(Oc4[c-]c5c(c6c4-c4ccccc4[Si]6(c4ccccc4)c4ccccc4)c4ccccc4n5-c4cc(C([2H])([2H])[2H])c(-c5c([2H])c([2H])c([2H])c([2H])c5[2H])cn4)ccc3)c3ccccc32)cc([2H])c1[2H].[Pt]. The fourth-order valence-corrected chi connectivity index (χ4v) is 17.4. The molecule has 0 saturated carbocycles. The van der Waals surface area contributed by atoms with E-state index in [-0.39, 0.29) is 61.7 Å². The number of hydrogen-bond acceptors (Lipinski definition) is 4. The van der Waals surface area contributed by atoms with Crippen LogP contribution >= 0.6 is 0 Å². The van der Waals surface area contributed by atoms with Gasteiger partial charge in [0.1, 0.15) is 5.82 Å². The zero-order valence-electron chi connectivity index (χ0n) is 53.5. The van der Waals surface area contributed by atoms with Gasteiger partial charge in [-0.3, -0.25) is 0 Å². The van der Waals surface area contributed by atoms with E-state index >= 15 is 0 Å². The fourth-order valence-electron chi connectivity index (χ4n) is 12.0. The van der Waals surface area contributed by atoms with Crippen molar-refractivity contribution < 1.29 is 40.9 Å². The molecule has 0 spiro atoms. The van der Waals surface area contributed by atoms with E-state index in [4.69, 9.17) is 24.8 Å². The number of pyridine rings is 1. The Hall–Kier alpha value is -9.32. The molecule has 0 amide bonds. The molecule has 4 heterocycles. The molecule has 2 aliphatic rings. The number of aromatic nitrogens is 2. The molecule has 15 rings (SSSR count). The average Bonchev–Trinajstić information content (AvgIpc) is 1.52. The summed E-state index contributed by atoms with van der Waals surface area (Å²) >= 11 is 0. The van der Waals surface area contributed by atoms with Crippen LogP contribution in [0.3, 0.4) is 0 Å². The topological polar surface area (TPSA) is 33.5 Å². The van der Waals surface area contributed by atoms with E-state index in [0.29, 0.717) is 33.8 Å². The molecule has 0 saturated heterocycles. The molecule has 0 aliphatic carbocycles. The molecule has 0 N–H and O–H groups in total. The van der Waals surface area contributed by atoms with Crippen LogP contribution in [0.15, 0.2) is 273 Å². The first kappa shape index (κ1) is 38.3. The third-order valence-corrected chi connectivity index (χ3v) is 20.1. The van der Waals surface area contributed by atoms with Gasteiger partial charge in [0.05, 0.1) is 11.0 Å². The summed E-state index contributed by atoms with van der Waals surface area (Å²) in [5.41, 5.74) is 8.84. The average molecular weight is 1230 g/mol. The summed E-state index contributed by atoms with van der Waals surface area (Å²) in [7, 11) is -3.42. The number of anilines is 4. The Kier molecular flexibility index (Phi) is 9.65. The standard InChI is InChI=1S/C73H49N4OSi.Pt/c1-50-45-69(74-48-62(50)53-29-11-4-12-30-53)77-63-41-19-17-37-60(63)70-66(77)47-67(71-61-38-18-22-44-68(61)79(73(70)71,56-33-13-5-14-34-56)57-35-15-6-16-36-57)78-55-32-23-31-54(46-55)75-49-76(65-43-21-20-42-64(65)75)72-58(51-25-7-2-8-26-51)39-24-40-59(72)52-27-9-3-10-28-52;/h2-45,48-49H,1H3;/q-3;/i1D3,2D,4D,7D,8D,11D,12D,29D,30D;. The molecule has 7 heteroatoms. The largest absolute Gasteiger partial charge is 0.509 e. The fraction of sp³-hybridized carbons (Fsp3) is 0.0137. The number of benzene rings is 11. The quantitative estimate of drug-likeness (QED) is 0.101.